The fourth-order valence-electron chi connectivity index (χ4n) is 5.40. The molecule has 1 aliphatic carbocycles. The lowest BCUT2D eigenvalue weighted by molar-refractivity contribution is 0.348. The van der Waals surface area contributed by atoms with Crippen LogP contribution in [0.1, 0.15) is 55.7 Å². The van der Waals surface area contributed by atoms with Crippen molar-refractivity contribution < 1.29 is 0 Å². The van der Waals surface area contributed by atoms with Gasteiger partial charge in [-0.05, 0) is 64.6 Å². The summed E-state index contributed by atoms with van der Waals surface area (Å²) in [6, 6.07) is 18.1. The number of aryl methyl sites for hydroxylation is 1. The Morgan fingerprint density at radius 2 is 1.61 bits per heavy atom. The average molecular weight is 430 g/mol. The van der Waals surface area contributed by atoms with Crippen LogP contribution >= 0.6 is 0 Å². The largest absolute Gasteiger partial charge is 0.370 e. The SMILES string of the molecule is Cc1ccc(-c2ccccc2)cc1C1C=C(CC2CCCCC2)C([Si](C)(C)C)=CN1C. The zero-order chi connectivity index (χ0) is 22.0. The zero-order valence-electron chi connectivity index (χ0n) is 20.1. The number of rotatable bonds is 5. The standard InChI is InChI=1S/C29H39NSi/c1-22-16-17-25(24-14-10-7-11-15-24)19-27(22)28-20-26(18-23-12-8-6-9-13-23)29(21-30(28)2)31(3,4)5/h7,10-11,14-17,19-21,23,28H,6,8-9,12-13,18H2,1-5H3. The number of nitrogens with zero attached hydrogens (tertiary/aromatic N) is 1. The minimum atomic E-state index is -1.40. The molecule has 0 bridgehead atoms. The molecule has 1 heterocycles. The summed E-state index contributed by atoms with van der Waals surface area (Å²) >= 11 is 0. The molecule has 2 aromatic carbocycles. The molecule has 2 heteroatoms. The molecule has 0 N–H and O–H groups in total. The molecule has 1 atom stereocenters. The quantitative estimate of drug-likeness (QED) is 0.432. The molecular weight excluding hydrogens is 390 g/mol. The monoisotopic (exact) mass is 429 g/mol. The summed E-state index contributed by atoms with van der Waals surface area (Å²) in [6.45, 7) is 9.78. The Kier molecular flexibility index (Phi) is 6.57. The normalized spacial score (nSPS) is 20.4. The molecule has 164 valence electrons. The van der Waals surface area contributed by atoms with E-state index in [1.54, 1.807) is 10.8 Å². The Hall–Kier alpha value is -2.06. The molecule has 1 saturated carbocycles. The van der Waals surface area contributed by atoms with Crippen molar-refractivity contribution in [1.29, 1.82) is 0 Å². The first-order valence-electron chi connectivity index (χ1n) is 12.1. The maximum absolute atomic E-state index is 2.62. The van der Waals surface area contributed by atoms with Gasteiger partial charge < -0.3 is 4.90 Å². The van der Waals surface area contributed by atoms with Crippen LogP contribution < -0.4 is 0 Å². The van der Waals surface area contributed by atoms with Crippen LogP contribution in [-0.2, 0) is 0 Å². The van der Waals surface area contributed by atoms with Gasteiger partial charge >= 0.3 is 0 Å². The second kappa shape index (κ2) is 9.20. The maximum atomic E-state index is 2.62. The second-order valence-electron chi connectivity index (χ2n) is 10.7. The molecule has 1 aliphatic heterocycles. The minimum Gasteiger partial charge on any atom is -0.370 e. The Labute approximate surface area is 190 Å². The van der Waals surface area contributed by atoms with Crippen LogP contribution in [0.2, 0.25) is 19.6 Å². The molecule has 0 radical (unpaired) electrons. The Bertz CT molecular complexity index is 958. The number of likely N-dealkylation sites (N-methyl/N-ethyl adjacent to an activating group) is 1. The van der Waals surface area contributed by atoms with E-state index in [0.29, 0.717) is 6.04 Å². The smallest absolute Gasteiger partial charge is 0.0798 e. The number of hydrogen-bond acceptors (Lipinski definition) is 1. The fraction of sp³-hybridized carbons (Fsp3) is 0.448. The van der Waals surface area contributed by atoms with Gasteiger partial charge in [-0.1, -0.05) is 100 Å². The van der Waals surface area contributed by atoms with Gasteiger partial charge in [0.05, 0.1) is 14.1 Å². The number of hydrogen-bond donors (Lipinski definition) is 0. The van der Waals surface area contributed by atoms with Crippen molar-refractivity contribution in [3.8, 4) is 11.1 Å². The van der Waals surface area contributed by atoms with Crippen molar-refractivity contribution in [3.05, 3.63) is 82.7 Å². The fourth-order valence-corrected chi connectivity index (χ4v) is 7.14. The third-order valence-corrected chi connectivity index (χ3v) is 9.29. The van der Waals surface area contributed by atoms with Crippen molar-refractivity contribution in [1.82, 2.24) is 4.90 Å². The predicted octanol–water partition coefficient (Wildman–Crippen LogP) is 8.31. The highest BCUT2D eigenvalue weighted by atomic mass is 28.3. The van der Waals surface area contributed by atoms with Crippen molar-refractivity contribution in [3.63, 3.8) is 0 Å². The number of allylic oxidation sites excluding steroid dienone is 2. The molecular formula is C29H39NSi. The van der Waals surface area contributed by atoms with Crippen molar-refractivity contribution in [2.45, 2.75) is 71.1 Å². The molecule has 1 fully saturated rings. The molecule has 2 aliphatic rings. The Morgan fingerprint density at radius 3 is 2.29 bits per heavy atom. The van der Waals surface area contributed by atoms with Gasteiger partial charge in [-0.15, -0.1) is 0 Å². The highest BCUT2D eigenvalue weighted by Gasteiger charge is 2.31. The average Bonchev–Trinajstić information content (AvgIpc) is 2.76. The van der Waals surface area contributed by atoms with E-state index in [4.69, 9.17) is 0 Å². The Morgan fingerprint density at radius 1 is 0.903 bits per heavy atom. The van der Waals surface area contributed by atoms with Gasteiger partial charge in [0.1, 0.15) is 0 Å². The van der Waals surface area contributed by atoms with E-state index in [1.807, 2.05) is 0 Å². The molecule has 2 aromatic rings. The van der Waals surface area contributed by atoms with E-state index in [1.165, 1.54) is 60.8 Å². The van der Waals surface area contributed by atoms with Crippen LogP contribution in [0.5, 0.6) is 0 Å². The first-order chi connectivity index (χ1) is 14.8. The molecule has 0 aromatic heterocycles. The minimum absolute atomic E-state index is 0.322. The lowest BCUT2D eigenvalue weighted by Crippen LogP contribution is -2.33. The first kappa shape index (κ1) is 22.1. The van der Waals surface area contributed by atoms with Gasteiger partial charge in [-0.3, -0.25) is 0 Å². The summed E-state index contributed by atoms with van der Waals surface area (Å²) in [5.41, 5.74) is 7.09. The summed E-state index contributed by atoms with van der Waals surface area (Å²) in [5, 5.41) is 1.66. The van der Waals surface area contributed by atoms with E-state index < -0.39 is 8.07 Å². The van der Waals surface area contributed by atoms with Gasteiger partial charge in [-0.2, -0.15) is 0 Å². The molecule has 0 saturated heterocycles. The molecule has 4 rings (SSSR count). The van der Waals surface area contributed by atoms with Gasteiger partial charge in [0.15, 0.2) is 0 Å². The summed E-state index contributed by atoms with van der Waals surface area (Å²) in [6.07, 6.45) is 13.5. The van der Waals surface area contributed by atoms with Gasteiger partial charge in [-0.25, -0.2) is 0 Å². The van der Waals surface area contributed by atoms with Crippen LogP contribution in [0.3, 0.4) is 0 Å². The molecule has 0 amide bonds. The Balaban J connectivity index is 1.71. The molecule has 0 spiro atoms. The summed E-state index contributed by atoms with van der Waals surface area (Å²) < 4.78 is 0. The van der Waals surface area contributed by atoms with Crippen LogP contribution in [0.4, 0.5) is 0 Å². The van der Waals surface area contributed by atoms with Crippen molar-refractivity contribution in [2.24, 2.45) is 5.92 Å². The maximum Gasteiger partial charge on any atom is 0.0798 e. The first-order valence-corrected chi connectivity index (χ1v) is 15.6. The van der Waals surface area contributed by atoms with E-state index in [0.717, 1.165) is 5.92 Å². The van der Waals surface area contributed by atoms with Crippen molar-refractivity contribution in [2.75, 3.05) is 7.05 Å². The van der Waals surface area contributed by atoms with E-state index in [-0.39, 0.29) is 0 Å². The predicted molar refractivity (Wildman–Crippen MR) is 138 cm³/mol. The second-order valence-corrected chi connectivity index (χ2v) is 15.8. The summed E-state index contributed by atoms with van der Waals surface area (Å²) in [4.78, 5) is 2.47. The van der Waals surface area contributed by atoms with E-state index >= 15 is 0 Å². The van der Waals surface area contributed by atoms with Gasteiger partial charge in [0, 0.05) is 7.05 Å². The highest BCUT2D eigenvalue weighted by molar-refractivity contribution is 6.84. The number of benzene rings is 2. The summed E-state index contributed by atoms with van der Waals surface area (Å²) in [5.74, 6) is 0.876. The van der Waals surface area contributed by atoms with Crippen LogP contribution in [0, 0.1) is 12.8 Å². The topological polar surface area (TPSA) is 3.24 Å². The lowest BCUT2D eigenvalue weighted by atomic mass is 9.83. The van der Waals surface area contributed by atoms with E-state index in [2.05, 4.69) is 99.3 Å². The van der Waals surface area contributed by atoms with Gasteiger partial charge in [0.2, 0.25) is 0 Å². The van der Waals surface area contributed by atoms with Crippen LogP contribution in [-0.4, -0.2) is 20.0 Å². The van der Waals surface area contributed by atoms with Crippen molar-refractivity contribution >= 4 is 8.07 Å². The van der Waals surface area contributed by atoms with Crippen LogP contribution in [0.25, 0.3) is 11.1 Å². The zero-order valence-corrected chi connectivity index (χ0v) is 21.1. The highest BCUT2D eigenvalue weighted by Crippen LogP contribution is 2.40. The molecule has 1 unspecified atom stereocenters. The molecule has 1 nitrogen and oxygen atoms in total. The van der Waals surface area contributed by atoms with Crippen LogP contribution in [0.15, 0.2) is 71.6 Å². The third kappa shape index (κ3) is 5.06. The van der Waals surface area contributed by atoms with E-state index in [9.17, 15) is 0 Å². The van der Waals surface area contributed by atoms with Gasteiger partial charge in [0.25, 0.3) is 0 Å². The summed E-state index contributed by atoms with van der Waals surface area (Å²) in [7, 11) is 0.869. The third-order valence-electron chi connectivity index (χ3n) is 7.22. The molecule has 31 heavy (non-hydrogen) atoms. The lowest BCUT2D eigenvalue weighted by Gasteiger charge is -2.38.